The van der Waals surface area contributed by atoms with Gasteiger partial charge < -0.3 is 0 Å². The van der Waals surface area contributed by atoms with Crippen molar-refractivity contribution in [3.05, 3.63) is 11.2 Å². The molecule has 1 aliphatic rings. The zero-order valence-electron chi connectivity index (χ0n) is 21.4. The van der Waals surface area contributed by atoms with Gasteiger partial charge in [0.1, 0.15) is 0 Å². The quantitative estimate of drug-likeness (QED) is 0.192. The fraction of sp³-hybridized carbons (Fsp3) is 0.880. The summed E-state index contributed by atoms with van der Waals surface area (Å²) in [5, 5.41) is 1.21. The van der Waals surface area contributed by atoms with Gasteiger partial charge in [0.25, 0.3) is 0 Å². The summed E-state index contributed by atoms with van der Waals surface area (Å²) < 4.78 is 18.0. The molecule has 1 aromatic rings. The molecule has 180 valence electrons. The van der Waals surface area contributed by atoms with Crippen LogP contribution in [0.15, 0.2) is 6.20 Å². The second-order valence-corrected chi connectivity index (χ2v) is 25.7. The SMILES string of the molecule is CCC[CH2][Sn]([CH2]CCC)([CH2]CCC)[c]1cnc(C2(OCOC)CCN(C(C)(C)C)C2)s1. The number of nitrogens with zero attached hydrogens (tertiary/aromatic N) is 2. The van der Waals surface area contributed by atoms with Gasteiger partial charge in [-0.2, -0.15) is 0 Å². The van der Waals surface area contributed by atoms with Crippen molar-refractivity contribution in [1.29, 1.82) is 0 Å². The molecule has 6 heteroatoms. The Bertz CT molecular complexity index is 624. The average molecular weight is 559 g/mol. The molecule has 0 N–H and O–H groups in total. The predicted octanol–water partition coefficient (Wildman–Crippen LogP) is 6.52. The number of unbranched alkanes of at least 4 members (excludes halogenated alkanes) is 3. The van der Waals surface area contributed by atoms with E-state index in [0.717, 1.165) is 19.5 Å². The monoisotopic (exact) mass is 560 g/mol. The van der Waals surface area contributed by atoms with E-state index in [4.69, 9.17) is 14.5 Å². The third-order valence-corrected chi connectivity index (χ3v) is 26.4. The summed E-state index contributed by atoms with van der Waals surface area (Å²) in [6, 6.07) is 0. The summed E-state index contributed by atoms with van der Waals surface area (Å²) in [4.78, 5) is 7.64. The Hall–Kier alpha value is 0.309. The molecule has 0 aromatic carbocycles. The Labute approximate surface area is 200 Å². The van der Waals surface area contributed by atoms with Gasteiger partial charge in [-0.1, -0.05) is 0 Å². The van der Waals surface area contributed by atoms with Gasteiger partial charge >= 0.3 is 201 Å². The molecule has 0 radical (unpaired) electrons. The van der Waals surface area contributed by atoms with Gasteiger partial charge in [0.2, 0.25) is 0 Å². The second kappa shape index (κ2) is 12.7. The fourth-order valence-corrected chi connectivity index (χ4v) is 24.7. The van der Waals surface area contributed by atoms with Gasteiger partial charge in [0, 0.05) is 0 Å². The van der Waals surface area contributed by atoms with Crippen LogP contribution in [0.2, 0.25) is 13.3 Å². The minimum absolute atomic E-state index is 0.143. The van der Waals surface area contributed by atoms with Gasteiger partial charge in [-0.3, -0.25) is 0 Å². The number of rotatable bonds is 14. The number of hydrogen-bond donors (Lipinski definition) is 0. The van der Waals surface area contributed by atoms with Crippen LogP contribution in [0.5, 0.6) is 0 Å². The first-order chi connectivity index (χ1) is 14.8. The molecule has 0 spiro atoms. The molecule has 1 unspecified atom stereocenters. The van der Waals surface area contributed by atoms with Gasteiger partial charge in [-0.05, 0) is 0 Å². The molecule has 0 aliphatic carbocycles. The van der Waals surface area contributed by atoms with E-state index in [2.05, 4.69) is 52.6 Å². The summed E-state index contributed by atoms with van der Waals surface area (Å²) >= 11 is -0.427. The maximum atomic E-state index is 6.43. The van der Waals surface area contributed by atoms with Crippen LogP contribution in [0.25, 0.3) is 0 Å². The summed E-state index contributed by atoms with van der Waals surface area (Å²) in [5.74, 6) is 0. The fourth-order valence-electron chi connectivity index (χ4n) is 4.90. The molecule has 1 fully saturated rings. The van der Waals surface area contributed by atoms with E-state index in [1.165, 1.54) is 56.8 Å². The molecule has 1 saturated heterocycles. The minimum atomic E-state index is -2.45. The van der Waals surface area contributed by atoms with Crippen LogP contribution in [-0.4, -0.2) is 60.8 Å². The van der Waals surface area contributed by atoms with E-state index in [1.54, 1.807) is 10.0 Å². The van der Waals surface area contributed by atoms with Crippen LogP contribution >= 0.6 is 11.3 Å². The van der Waals surface area contributed by atoms with Gasteiger partial charge in [-0.25, -0.2) is 0 Å². The van der Waals surface area contributed by atoms with Crippen molar-refractivity contribution < 1.29 is 9.47 Å². The summed E-state index contributed by atoms with van der Waals surface area (Å²) in [6.45, 7) is 16.2. The molecule has 0 saturated carbocycles. The normalized spacial score (nSPS) is 20.6. The van der Waals surface area contributed by atoms with Crippen LogP contribution in [-0.2, 0) is 15.1 Å². The third-order valence-electron chi connectivity index (χ3n) is 7.08. The Morgan fingerprint density at radius 2 is 1.65 bits per heavy atom. The van der Waals surface area contributed by atoms with Crippen LogP contribution < -0.4 is 2.89 Å². The zero-order valence-corrected chi connectivity index (χ0v) is 25.1. The predicted molar refractivity (Wildman–Crippen MR) is 137 cm³/mol. The van der Waals surface area contributed by atoms with Gasteiger partial charge in [0.15, 0.2) is 0 Å². The standard InChI is InChI=1S/C13H21N2O2S.3C4H9.Sn/c1-12(2,3)15-7-5-13(9-15,17-10-16-4)11-14-6-8-18-11;3*1-3-4-2;/h6H,5,7,9-10H2,1-4H3;3*1,3-4H2,2H3;. The van der Waals surface area contributed by atoms with Crippen LogP contribution in [0, 0.1) is 0 Å². The zero-order chi connectivity index (χ0) is 23.0. The number of aromatic nitrogens is 1. The van der Waals surface area contributed by atoms with Gasteiger partial charge in [0.05, 0.1) is 0 Å². The Kier molecular flexibility index (Phi) is 11.3. The van der Waals surface area contributed by atoms with Crippen molar-refractivity contribution in [2.75, 3.05) is 27.0 Å². The number of hydrogen-bond acceptors (Lipinski definition) is 5. The van der Waals surface area contributed by atoms with E-state index in [0.29, 0.717) is 6.79 Å². The van der Waals surface area contributed by atoms with E-state index < -0.39 is 18.4 Å². The molecule has 31 heavy (non-hydrogen) atoms. The Morgan fingerprint density at radius 1 is 1.06 bits per heavy atom. The van der Waals surface area contributed by atoms with Crippen molar-refractivity contribution in [2.24, 2.45) is 0 Å². The number of likely N-dealkylation sites (tertiary alicyclic amines) is 1. The Balaban J connectivity index is 2.39. The molecule has 2 heterocycles. The van der Waals surface area contributed by atoms with E-state index in [1.807, 2.05) is 11.3 Å². The van der Waals surface area contributed by atoms with E-state index in [-0.39, 0.29) is 11.1 Å². The molecular weight excluding hydrogens is 511 g/mol. The third kappa shape index (κ3) is 7.14. The summed E-state index contributed by atoms with van der Waals surface area (Å²) in [7, 11) is 1.72. The van der Waals surface area contributed by atoms with Crippen molar-refractivity contribution in [3.8, 4) is 0 Å². The summed E-state index contributed by atoms with van der Waals surface area (Å²) in [5.41, 5.74) is -0.172. The summed E-state index contributed by atoms with van der Waals surface area (Å²) in [6.07, 6.45) is 11.4. The molecule has 4 nitrogen and oxygen atoms in total. The average Bonchev–Trinajstić information content (AvgIpc) is 3.41. The van der Waals surface area contributed by atoms with E-state index in [9.17, 15) is 0 Å². The molecule has 0 bridgehead atoms. The van der Waals surface area contributed by atoms with Crippen molar-refractivity contribution in [2.45, 2.75) is 111 Å². The first-order valence-electron chi connectivity index (χ1n) is 12.6. The van der Waals surface area contributed by atoms with Crippen molar-refractivity contribution in [1.82, 2.24) is 9.88 Å². The topological polar surface area (TPSA) is 34.6 Å². The maximum absolute atomic E-state index is 6.43. The molecule has 2 rings (SSSR count). The van der Waals surface area contributed by atoms with E-state index >= 15 is 0 Å². The second-order valence-electron chi connectivity index (χ2n) is 10.5. The van der Waals surface area contributed by atoms with Crippen LogP contribution in [0.3, 0.4) is 0 Å². The Morgan fingerprint density at radius 3 is 2.10 bits per heavy atom. The molecule has 1 aliphatic heterocycles. The molecule has 1 aromatic heterocycles. The molecule has 0 amide bonds. The number of ether oxygens (including phenoxy) is 2. The number of thiazole rings is 1. The van der Waals surface area contributed by atoms with Crippen LogP contribution in [0.4, 0.5) is 0 Å². The first-order valence-corrected chi connectivity index (χ1v) is 20.9. The molecular formula is C25H48N2O2SSn. The number of methoxy groups -OCH3 is 1. The van der Waals surface area contributed by atoms with Crippen molar-refractivity contribution >= 4 is 32.6 Å². The van der Waals surface area contributed by atoms with Crippen molar-refractivity contribution in [3.63, 3.8) is 0 Å². The molecule has 1 atom stereocenters. The van der Waals surface area contributed by atoms with Crippen LogP contribution in [0.1, 0.15) is 91.5 Å². The first kappa shape index (κ1) is 27.6. The van der Waals surface area contributed by atoms with Gasteiger partial charge in [-0.15, -0.1) is 0 Å².